The van der Waals surface area contributed by atoms with Crippen LogP contribution in [-0.2, 0) is 21.2 Å². The predicted molar refractivity (Wildman–Crippen MR) is 89.6 cm³/mol. The van der Waals surface area contributed by atoms with E-state index in [2.05, 4.69) is 4.90 Å². The van der Waals surface area contributed by atoms with Crippen molar-refractivity contribution in [1.29, 1.82) is 0 Å². The number of amides is 1. The van der Waals surface area contributed by atoms with Crippen LogP contribution in [0.4, 0.5) is 4.39 Å². The quantitative estimate of drug-likeness (QED) is 0.821. The number of hydrogen-bond acceptors (Lipinski definition) is 4. The summed E-state index contributed by atoms with van der Waals surface area (Å²) in [4.78, 5) is 16.3. The van der Waals surface area contributed by atoms with E-state index in [1.54, 1.807) is 17.0 Å². The van der Waals surface area contributed by atoms with Gasteiger partial charge in [-0.1, -0.05) is 26.0 Å². The first kappa shape index (κ1) is 17.4. The number of carbonyl (C=O) groups excluding carboxylic acids is 1. The molecule has 2 atom stereocenters. The standard InChI is InChI=1S/C17H23FN2O3S/c1-12(2)17(21)20-8-7-19(9-13-3-5-14(18)6-4-13)15-10-24(22,23)11-16(15)20/h3-6,12,15-16H,7-11H2,1-2H3/t15-,16+/m0/s1. The van der Waals surface area contributed by atoms with Crippen LogP contribution in [0.3, 0.4) is 0 Å². The van der Waals surface area contributed by atoms with E-state index in [0.29, 0.717) is 19.6 Å². The highest BCUT2D eigenvalue weighted by molar-refractivity contribution is 7.91. The van der Waals surface area contributed by atoms with Crippen molar-refractivity contribution < 1.29 is 17.6 Å². The Balaban J connectivity index is 1.81. The number of nitrogens with zero attached hydrogens (tertiary/aromatic N) is 2. The Kier molecular flexibility index (Phi) is 4.66. The fraction of sp³-hybridized carbons (Fsp3) is 0.588. The van der Waals surface area contributed by atoms with E-state index >= 15 is 0 Å². The molecular formula is C17H23FN2O3S. The summed E-state index contributed by atoms with van der Waals surface area (Å²) in [6.45, 7) is 5.42. The highest BCUT2D eigenvalue weighted by Gasteiger charge is 2.48. The molecular weight excluding hydrogens is 331 g/mol. The van der Waals surface area contributed by atoms with E-state index < -0.39 is 9.84 Å². The molecule has 2 fully saturated rings. The Bertz CT molecular complexity index is 718. The maximum Gasteiger partial charge on any atom is 0.225 e. The third-order valence-electron chi connectivity index (χ3n) is 4.87. The van der Waals surface area contributed by atoms with Gasteiger partial charge >= 0.3 is 0 Å². The lowest BCUT2D eigenvalue weighted by atomic mass is 10.0. The molecule has 0 N–H and O–H groups in total. The molecule has 0 radical (unpaired) electrons. The maximum atomic E-state index is 13.1. The van der Waals surface area contributed by atoms with Gasteiger partial charge in [0.15, 0.2) is 9.84 Å². The lowest BCUT2D eigenvalue weighted by Crippen LogP contribution is -2.60. The van der Waals surface area contributed by atoms with Gasteiger partial charge in [-0.3, -0.25) is 9.69 Å². The molecule has 5 nitrogen and oxygen atoms in total. The van der Waals surface area contributed by atoms with Gasteiger partial charge < -0.3 is 4.90 Å². The van der Waals surface area contributed by atoms with Crippen LogP contribution in [-0.4, -0.2) is 60.8 Å². The Hall–Kier alpha value is -1.47. The molecule has 0 spiro atoms. The van der Waals surface area contributed by atoms with Gasteiger partial charge in [-0.15, -0.1) is 0 Å². The molecule has 1 aromatic carbocycles. The van der Waals surface area contributed by atoms with Crippen LogP contribution in [0.25, 0.3) is 0 Å². The molecule has 132 valence electrons. The fourth-order valence-electron chi connectivity index (χ4n) is 3.65. The van der Waals surface area contributed by atoms with Crippen molar-refractivity contribution in [3.8, 4) is 0 Å². The molecule has 2 saturated heterocycles. The summed E-state index contributed by atoms with van der Waals surface area (Å²) in [5.41, 5.74) is 0.947. The molecule has 2 aliphatic rings. The zero-order chi connectivity index (χ0) is 17.5. The summed E-state index contributed by atoms with van der Waals surface area (Å²) >= 11 is 0. The Morgan fingerprint density at radius 1 is 1.17 bits per heavy atom. The predicted octanol–water partition coefficient (Wildman–Crippen LogP) is 1.29. The highest BCUT2D eigenvalue weighted by Crippen LogP contribution is 2.29. The number of rotatable bonds is 3. The second-order valence-corrected chi connectivity index (χ2v) is 9.15. The molecule has 1 aromatic rings. The third kappa shape index (κ3) is 3.47. The van der Waals surface area contributed by atoms with Crippen molar-refractivity contribution >= 4 is 15.7 Å². The maximum absolute atomic E-state index is 13.1. The molecule has 3 rings (SSSR count). The largest absolute Gasteiger partial charge is 0.336 e. The third-order valence-corrected chi connectivity index (χ3v) is 6.57. The van der Waals surface area contributed by atoms with Gasteiger partial charge in [0.1, 0.15) is 5.82 Å². The summed E-state index contributed by atoms with van der Waals surface area (Å²) in [5.74, 6) is -0.287. The number of hydrogen-bond donors (Lipinski definition) is 0. The number of piperazine rings is 1. The van der Waals surface area contributed by atoms with Crippen molar-refractivity contribution in [2.45, 2.75) is 32.5 Å². The van der Waals surface area contributed by atoms with Crippen LogP contribution in [0.2, 0.25) is 0 Å². The van der Waals surface area contributed by atoms with Gasteiger partial charge in [0.2, 0.25) is 5.91 Å². The molecule has 7 heteroatoms. The average Bonchev–Trinajstić information content (AvgIpc) is 2.84. The topological polar surface area (TPSA) is 57.7 Å². The Morgan fingerprint density at radius 2 is 1.79 bits per heavy atom. The van der Waals surface area contributed by atoms with Crippen molar-refractivity contribution in [2.24, 2.45) is 5.92 Å². The second-order valence-electron chi connectivity index (χ2n) is 6.99. The van der Waals surface area contributed by atoms with Crippen LogP contribution in [0, 0.1) is 11.7 Å². The van der Waals surface area contributed by atoms with Crippen LogP contribution in [0.15, 0.2) is 24.3 Å². The smallest absolute Gasteiger partial charge is 0.225 e. The highest BCUT2D eigenvalue weighted by atomic mass is 32.2. The first-order chi connectivity index (χ1) is 11.3. The van der Waals surface area contributed by atoms with Crippen molar-refractivity contribution in [3.05, 3.63) is 35.6 Å². The van der Waals surface area contributed by atoms with E-state index in [0.717, 1.165) is 5.56 Å². The van der Waals surface area contributed by atoms with Crippen LogP contribution >= 0.6 is 0 Å². The van der Waals surface area contributed by atoms with E-state index in [9.17, 15) is 17.6 Å². The van der Waals surface area contributed by atoms with Gasteiger partial charge in [0.25, 0.3) is 0 Å². The van der Waals surface area contributed by atoms with E-state index in [1.165, 1.54) is 12.1 Å². The molecule has 0 aromatic heterocycles. The minimum absolute atomic E-state index is 0.0172. The van der Waals surface area contributed by atoms with Gasteiger partial charge in [0.05, 0.1) is 17.5 Å². The van der Waals surface area contributed by atoms with Crippen LogP contribution < -0.4 is 0 Å². The lowest BCUT2D eigenvalue weighted by Gasteiger charge is -2.44. The van der Waals surface area contributed by atoms with Crippen molar-refractivity contribution in [1.82, 2.24) is 9.80 Å². The monoisotopic (exact) mass is 354 g/mol. The molecule has 0 aliphatic carbocycles. The van der Waals surface area contributed by atoms with Crippen molar-refractivity contribution in [2.75, 3.05) is 24.6 Å². The summed E-state index contributed by atoms with van der Waals surface area (Å²) in [6.07, 6.45) is 0. The van der Waals surface area contributed by atoms with Gasteiger partial charge in [-0.2, -0.15) is 0 Å². The van der Waals surface area contributed by atoms with E-state index in [1.807, 2.05) is 13.8 Å². The molecule has 0 unspecified atom stereocenters. The number of benzene rings is 1. The van der Waals surface area contributed by atoms with Crippen LogP contribution in [0.5, 0.6) is 0 Å². The number of carbonyl (C=O) groups is 1. The molecule has 2 heterocycles. The minimum Gasteiger partial charge on any atom is -0.336 e. The summed E-state index contributed by atoms with van der Waals surface area (Å²) < 4.78 is 37.4. The molecule has 24 heavy (non-hydrogen) atoms. The minimum atomic E-state index is -3.15. The zero-order valence-electron chi connectivity index (χ0n) is 14.0. The van der Waals surface area contributed by atoms with Crippen molar-refractivity contribution in [3.63, 3.8) is 0 Å². The number of halogens is 1. The van der Waals surface area contributed by atoms with Crippen LogP contribution in [0.1, 0.15) is 19.4 Å². The molecule has 0 saturated carbocycles. The Labute approximate surface area is 142 Å². The van der Waals surface area contributed by atoms with E-state index in [4.69, 9.17) is 0 Å². The van der Waals surface area contributed by atoms with Gasteiger partial charge in [0, 0.05) is 31.6 Å². The SMILES string of the molecule is CC(C)C(=O)N1CCN(Cc2ccc(F)cc2)[C@H]2CS(=O)(=O)C[C@H]21. The normalized spacial score (nSPS) is 26.6. The average molecular weight is 354 g/mol. The Morgan fingerprint density at radius 3 is 2.42 bits per heavy atom. The first-order valence-electron chi connectivity index (χ1n) is 8.26. The van der Waals surface area contributed by atoms with Gasteiger partial charge in [-0.25, -0.2) is 12.8 Å². The van der Waals surface area contributed by atoms with E-state index in [-0.39, 0.29) is 41.2 Å². The molecule has 1 amide bonds. The van der Waals surface area contributed by atoms with Gasteiger partial charge in [-0.05, 0) is 17.7 Å². The number of sulfone groups is 1. The first-order valence-corrected chi connectivity index (χ1v) is 10.1. The summed E-state index contributed by atoms with van der Waals surface area (Å²) in [6, 6.07) is 5.81. The molecule has 0 bridgehead atoms. The summed E-state index contributed by atoms with van der Waals surface area (Å²) in [7, 11) is -3.15. The second kappa shape index (κ2) is 6.44. The molecule has 2 aliphatic heterocycles. The zero-order valence-corrected chi connectivity index (χ0v) is 14.8. The fourth-order valence-corrected chi connectivity index (χ4v) is 5.66. The lowest BCUT2D eigenvalue weighted by molar-refractivity contribution is -0.140. The summed E-state index contributed by atoms with van der Waals surface area (Å²) in [5, 5.41) is 0. The number of fused-ring (bicyclic) bond motifs is 1.